The molecule has 0 fully saturated rings. The Kier molecular flexibility index (Phi) is 3.98. The lowest BCUT2D eigenvalue weighted by atomic mass is 10.1. The summed E-state index contributed by atoms with van der Waals surface area (Å²) in [5.41, 5.74) is 7.46. The quantitative estimate of drug-likeness (QED) is 0.835. The van der Waals surface area contributed by atoms with Crippen LogP contribution in [0.15, 0.2) is 23.8 Å². The minimum Gasteiger partial charge on any atom is -0.496 e. The maximum Gasteiger partial charge on any atom is 0.127 e. The van der Waals surface area contributed by atoms with E-state index in [1.807, 2.05) is 31.2 Å². The highest BCUT2D eigenvalue weighted by atomic mass is 35.5. The van der Waals surface area contributed by atoms with Gasteiger partial charge in [-0.1, -0.05) is 23.2 Å². The van der Waals surface area contributed by atoms with Crippen molar-refractivity contribution in [2.45, 2.75) is 6.92 Å². The number of nitrogens with two attached hydrogens (primary N) is 1. The topological polar surface area (TPSA) is 35.2 Å². The Hall–Kier alpha value is -0.990. The molecule has 2 N–H and O–H groups in total. The van der Waals surface area contributed by atoms with Crippen LogP contribution in [-0.4, -0.2) is 13.7 Å². The molecule has 0 saturated heterocycles. The van der Waals surface area contributed by atoms with Crippen LogP contribution in [0, 0.1) is 0 Å². The number of ether oxygens (including phenoxy) is 1. The molecule has 0 unspecified atom stereocenters. The van der Waals surface area contributed by atoms with Gasteiger partial charge in [-0.15, -0.1) is 0 Å². The van der Waals surface area contributed by atoms with E-state index in [1.165, 1.54) is 0 Å². The Labute approximate surface area is 89.3 Å². The molecule has 0 saturated carbocycles. The van der Waals surface area contributed by atoms with E-state index >= 15 is 0 Å². The van der Waals surface area contributed by atoms with Gasteiger partial charge in [0.05, 0.1) is 12.1 Å². The first-order valence-corrected chi connectivity index (χ1v) is 4.76. The summed E-state index contributed by atoms with van der Waals surface area (Å²) in [4.78, 5) is 0. The second kappa shape index (κ2) is 5.03. The fourth-order valence-electron chi connectivity index (χ4n) is 1.14. The number of halogens is 1. The van der Waals surface area contributed by atoms with Gasteiger partial charge in [0.15, 0.2) is 0 Å². The summed E-state index contributed by atoms with van der Waals surface area (Å²) in [7, 11) is 1.63. The maximum atomic E-state index is 6.04. The Morgan fingerprint density at radius 1 is 1.57 bits per heavy atom. The van der Waals surface area contributed by atoms with Crippen LogP contribution in [0.4, 0.5) is 0 Å². The van der Waals surface area contributed by atoms with Crippen molar-refractivity contribution in [2.24, 2.45) is 5.73 Å². The third-order valence-corrected chi connectivity index (χ3v) is 2.28. The predicted molar refractivity (Wildman–Crippen MR) is 60.7 cm³/mol. The number of benzene rings is 1. The first-order valence-electron chi connectivity index (χ1n) is 4.38. The molecule has 3 heteroatoms. The maximum absolute atomic E-state index is 6.04. The predicted octanol–water partition coefficient (Wildman–Crippen LogP) is 2.71. The van der Waals surface area contributed by atoms with Crippen molar-refractivity contribution in [2.75, 3.05) is 13.7 Å². The first-order chi connectivity index (χ1) is 6.69. The van der Waals surface area contributed by atoms with E-state index in [1.54, 1.807) is 7.11 Å². The van der Waals surface area contributed by atoms with Gasteiger partial charge in [0.25, 0.3) is 0 Å². The van der Waals surface area contributed by atoms with Gasteiger partial charge in [-0.2, -0.15) is 0 Å². The average molecular weight is 212 g/mol. The van der Waals surface area contributed by atoms with Crippen molar-refractivity contribution < 1.29 is 4.74 Å². The summed E-state index contributed by atoms with van der Waals surface area (Å²) in [5.74, 6) is 0.769. The SMILES string of the molecule is COc1cccc(Cl)c1/C=C(/C)CN. The Bertz CT molecular complexity index is 347. The highest BCUT2D eigenvalue weighted by Crippen LogP contribution is 2.28. The van der Waals surface area contributed by atoms with Gasteiger partial charge in [-0.05, 0) is 25.1 Å². The highest BCUT2D eigenvalue weighted by Gasteiger charge is 2.04. The molecule has 0 amide bonds. The molecule has 1 rings (SSSR count). The highest BCUT2D eigenvalue weighted by molar-refractivity contribution is 6.32. The molecule has 14 heavy (non-hydrogen) atoms. The van der Waals surface area contributed by atoms with E-state index < -0.39 is 0 Å². The molecular weight excluding hydrogens is 198 g/mol. The van der Waals surface area contributed by atoms with Gasteiger partial charge in [0, 0.05) is 12.1 Å². The second-order valence-electron chi connectivity index (χ2n) is 3.05. The van der Waals surface area contributed by atoms with Crippen LogP contribution in [0.25, 0.3) is 6.08 Å². The lowest BCUT2D eigenvalue weighted by Crippen LogP contribution is -1.99. The molecule has 0 aromatic heterocycles. The third kappa shape index (κ3) is 2.50. The van der Waals surface area contributed by atoms with Crippen molar-refractivity contribution in [1.29, 1.82) is 0 Å². The summed E-state index contributed by atoms with van der Waals surface area (Å²) < 4.78 is 5.20. The van der Waals surface area contributed by atoms with Crippen LogP contribution in [0.2, 0.25) is 5.02 Å². The van der Waals surface area contributed by atoms with E-state index in [0.29, 0.717) is 11.6 Å². The summed E-state index contributed by atoms with van der Waals surface area (Å²) in [6, 6.07) is 5.57. The summed E-state index contributed by atoms with van der Waals surface area (Å²) in [6.45, 7) is 2.48. The Morgan fingerprint density at radius 2 is 2.29 bits per heavy atom. The molecule has 0 spiro atoms. The van der Waals surface area contributed by atoms with Crippen LogP contribution < -0.4 is 10.5 Å². The van der Waals surface area contributed by atoms with Crippen LogP contribution >= 0.6 is 11.6 Å². The molecule has 76 valence electrons. The number of methoxy groups -OCH3 is 1. The molecule has 1 aromatic rings. The first kappa shape index (κ1) is 11.1. The zero-order valence-corrected chi connectivity index (χ0v) is 9.14. The molecular formula is C11H14ClNO. The Balaban J connectivity index is 3.17. The van der Waals surface area contributed by atoms with Gasteiger partial charge in [0.1, 0.15) is 5.75 Å². The third-order valence-electron chi connectivity index (χ3n) is 1.95. The van der Waals surface area contributed by atoms with E-state index in [9.17, 15) is 0 Å². The molecule has 0 radical (unpaired) electrons. The summed E-state index contributed by atoms with van der Waals surface area (Å²) >= 11 is 6.04. The molecule has 2 nitrogen and oxygen atoms in total. The molecule has 0 aliphatic heterocycles. The van der Waals surface area contributed by atoms with Crippen LogP contribution in [0.5, 0.6) is 5.75 Å². The Morgan fingerprint density at radius 3 is 2.86 bits per heavy atom. The van der Waals surface area contributed by atoms with Crippen molar-refractivity contribution in [3.63, 3.8) is 0 Å². The largest absolute Gasteiger partial charge is 0.496 e. The van der Waals surface area contributed by atoms with E-state index in [0.717, 1.165) is 16.9 Å². The number of hydrogen-bond acceptors (Lipinski definition) is 2. The van der Waals surface area contributed by atoms with Gasteiger partial charge in [0.2, 0.25) is 0 Å². The minimum absolute atomic E-state index is 0.522. The van der Waals surface area contributed by atoms with Crippen molar-refractivity contribution in [1.82, 2.24) is 0 Å². The standard InChI is InChI=1S/C11H14ClNO/c1-8(7-13)6-9-10(12)4-3-5-11(9)14-2/h3-6H,7,13H2,1-2H3/b8-6-. The smallest absolute Gasteiger partial charge is 0.127 e. The van der Waals surface area contributed by atoms with Gasteiger partial charge >= 0.3 is 0 Å². The van der Waals surface area contributed by atoms with Crippen molar-refractivity contribution >= 4 is 17.7 Å². The number of rotatable bonds is 3. The lowest BCUT2D eigenvalue weighted by molar-refractivity contribution is 0.414. The summed E-state index contributed by atoms with van der Waals surface area (Å²) in [6.07, 6.45) is 1.95. The van der Waals surface area contributed by atoms with Crippen LogP contribution in [0.3, 0.4) is 0 Å². The van der Waals surface area contributed by atoms with Crippen molar-refractivity contribution in [3.05, 3.63) is 34.4 Å². The van der Waals surface area contributed by atoms with Gasteiger partial charge in [-0.3, -0.25) is 0 Å². The zero-order valence-electron chi connectivity index (χ0n) is 8.38. The minimum atomic E-state index is 0.522. The zero-order chi connectivity index (χ0) is 10.6. The molecule has 0 atom stereocenters. The second-order valence-corrected chi connectivity index (χ2v) is 3.46. The average Bonchev–Trinajstić information content (AvgIpc) is 2.20. The monoisotopic (exact) mass is 211 g/mol. The van der Waals surface area contributed by atoms with Crippen LogP contribution in [0.1, 0.15) is 12.5 Å². The van der Waals surface area contributed by atoms with E-state index in [-0.39, 0.29) is 0 Å². The fourth-order valence-corrected chi connectivity index (χ4v) is 1.36. The van der Waals surface area contributed by atoms with Gasteiger partial charge < -0.3 is 10.5 Å². The molecule has 0 aliphatic carbocycles. The van der Waals surface area contributed by atoms with Gasteiger partial charge in [-0.25, -0.2) is 0 Å². The van der Waals surface area contributed by atoms with E-state index in [2.05, 4.69) is 0 Å². The molecule has 0 heterocycles. The molecule has 0 aliphatic rings. The normalized spacial score (nSPS) is 11.6. The van der Waals surface area contributed by atoms with Crippen LogP contribution in [-0.2, 0) is 0 Å². The lowest BCUT2D eigenvalue weighted by Gasteiger charge is -2.07. The fraction of sp³-hybridized carbons (Fsp3) is 0.273. The number of hydrogen-bond donors (Lipinski definition) is 1. The summed E-state index contributed by atoms with van der Waals surface area (Å²) in [5, 5.41) is 0.678. The van der Waals surface area contributed by atoms with E-state index in [4.69, 9.17) is 22.1 Å². The molecule has 0 bridgehead atoms. The van der Waals surface area contributed by atoms with Crippen molar-refractivity contribution in [3.8, 4) is 5.75 Å². The molecule has 1 aromatic carbocycles.